The van der Waals surface area contributed by atoms with Gasteiger partial charge >= 0.3 is 0 Å². The molecule has 1 aliphatic carbocycles. The fourth-order valence-corrected chi connectivity index (χ4v) is 2.14. The Morgan fingerprint density at radius 2 is 2.06 bits per heavy atom. The van der Waals surface area contributed by atoms with Crippen LogP contribution >= 0.6 is 12.4 Å². The molecule has 1 aliphatic rings. The van der Waals surface area contributed by atoms with Gasteiger partial charge in [0, 0.05) is 12.6 Å². The van der Waals surface area contributed by atoms with E-state index in [1.54, 1.807) is 0 Å². The molecule has 0 aromatic rings. The highest BCUT2D eigenvalue weighted by atomic mass is 35.5. The van der Waals surface area contributed by atoms with E-state index in [-0.39, 0.29) is 30.5 Å². The molecular formula is C13H27ClN2O2. The standard InChI is InChI=1S/C13H26N2O2.ClH/c1-3-12(17-11-6-4-5-7-11)13(16)15-9-8-10(2)14;/h10-12H,3-9,14H2,1-2H3,(H,15,16);1H. The Morgan fingerprint density at radius 1 is 1.44 bits per heavy atom. The molecule has 1 amide bonds. The molecule has 2 atom stereocenters. The van der Waals surface area contributed by atoms with Crippen molar-refractivity contribution in [2.45, 2.75) is 70.6 Å². The summed E-state index contributed by atoms with van der Waals surface area (Å²) < 4.78 is 5.84. The molecular weight excluding hydrogens is 252 g/mol. The van der Waals surface area contributed by atoms with Gasteiger partial charge in [-0.3, -0.25) is 4.79 Å². The van der Waals surface area contributed by atoms with Gasteiger partial charge in [0.2, 0.25) is 5.91 Å². The number of hydrogen-bond donors (Lipinski definition) is 2. The summed E-state index contributed by atoms with van der Waals surface area (Å²) in [5.74, 6) is 0.0139. The first-order valence-corrected chi connectivity index (χ1v) is 6.82. The maximum atomic E-state index is 11.9. The predicted octanol–water partition coefficient (Wildman–Crippen LogP) is 2.00. The Kier molecular flexibility index (Phi) is 9.42. The number of rotatable bonds is 7. The van der Waals surface area contributed by atoms with E-state index in [0.29, 0.717) is 12.6 Å². The Bertz CT molecular complexity index is 231. The van der Waals surface area contributed by atoms with Gasteiger partial charge in [-0.05, 0) is 32.6 Å². The third kappa shape index (κ3) is 6.57. The minimum Gasteiger partial charge on any atom is -0.365 e. The van der Waals surface area contributed by atoms with E-state index >= 15 is 0 Å². The second-order valence-electron chi connectivity index (χ2n) is 5.00. The third-order valence-corrected chi connectivity index (χ3v) is 3.22. The van der Waals surface area contributed by atoms with E-state index in [0.717, 1.165) is 25.7 Å². The fraction of sp³-hybridized carbons (Fsp3) is 0.923. The van der Waals surface area contributed by atoms with Crippen LogP contribution in [-0.4, -0.2) is 30.7 Å². The predicted molar refractivity (Wildman–Crippen MR) is 75.9 cm³/mol. The minimum atomic E-state index is -0.286. The summed E-state index contributed by atoms with van der Waals surface area (Å²) in [4.78, 5) is 11.9. The number of carbonyl (C=O) groups is 1. The minimum absolute atomic E-state index is 0. The van der Waals surface area contributed by atoms with Crippen molar-refractivity contribution in [1.82, 2.24) is 5.32 Å². The zero-order chi connectivity index (χ0) is 12.7. The van der Waals surface area contributed by atoms with Crippen molar-refractivity contribution in [3.8, 4) is 0 Å². The van der Waals surface area contributed by atoms with Gasteiger partial charge in [-0.2, -0.15) is 0 Å². The van der Waals surface area contributed by atoms with E-state index in [9.17, 15) is 4.79 Å². The zero-order valence-electron chi connectivity index (χ0n) is 11.5. The molecule has 0 aliphatic heterocycles. The number of carbonyl (C=O) groups excluding carboxylic acids is 1. The number of hydrogen-bond acceptors (Lipinski definition) is 3. The van der Waals surface area contributed by atoms with Crippen LogP contribution in [0.15, 0.2) is 0 Å². The highest BCUT2D eigenvalue weighted by Gasteiger charge is 2.23. The Labute approximate surface area is 116 Å². The highest BCUT2D eigenvalue weighted by molar-refractivity contribution is 5.85. The van der Waals surface area contributed by atoms with Crippen LogP contribution in [0.5, 0.6) is 0 Å². The molecule has 108 valence electrons. The second-order valence-corrected chi connectivity index (χ2v) is 5.00. The molecule has 0 aromatic heterocycles. The molecule has 4 nitrogen and oxygen atoms in total. The molecule has 0 bridgehead atoms. The number of nitrogens with two attached hydrogens (primary N) is 1. The van der Waals surface area contributed by atoms with Gasteiger partial charge in [-0.25, -0.2) is 0 Å². The van der Waals surface area contributed by atoms with E-state index in [4.69, 9.17) is 10.5 Å². The van der Waals surface area contributed by atoms with Gasteiger partial charge in [0.1, 0.15) is 6.10 Å². The van der Waals surface area contributed by atoms with E-state index in [2.05, 4.69) is 5.32 Å². The summed E-state index contributed by atoms with van der Waals surface area (Å²) in [6.45, 7) is 4.57. The van der Waals surface area contributed by atoms with Crippen LogP contribution in [0.2, 0.25) is 0 Å². The van der Waals surface area contributed by atoms with Crippen LogP contribution < -0.4 is 11.1 Å². The van der Waals surface area contributed by atoms with Crippen molar-refractivity contribution < 1.29 is 9.53 Å². The summed E-state index contributed by atoms with van der Waals surface area (Å²) >= 11 is 0. The molecule has 0 saturated heterocycles. The van der Waals surface area contributed by atoms with Gasteiger partial charge < -0.3 is 15.8 Å². The van der Waals surface area contributed by atoms with Crippen molar-refractivity contribution in [1.29, 1.82) is 0 Å². The molecule has 0 heterocycles. The molecule has 3 N–H and O–H groups in total. The summed E-state index contributed by atoms with van der Waals surface area (Å²) in [7, 11) is 0. The largest absolute Gasteiger partial charge is 0.365 e. The fourth-order valence-electron chi connectivity index (χ4n) is 2.14. The van der Waals surface area contributed by atoms with Gasteiger partial charge in [0.05, 0.1) is 6.10 Å². The molecule has 0 aromatic carbocycles. The molecule has 0 spiro atoms. The van der Waals surface area contributed by atoms with Crippen LogP contribution in [0.1, 0.15) is 52.4 Å². The van der Waals surface area contributed by atoms with Crippen molar-refractivity contribution in [2.24, 2.45) is 5.73 Å². The molecule has 1 saturated carbocycles. The Balaban J connectivity index is 0.00000289. The van der Waals surface area contributed by atoms with Crippen LogP contribution in [0.25, 0.3) is 0 Å². The molecule has 18 heavy (non-hydrogen) atoms. The second kappa shape index (κ2) is 9.59. The molecule has 5 heteroatoms. The zero-order valence-corrected chi connectivity index (χ0v) is 12.3. The van der Waals surface area contributed by atoms with Crippen LogP contribution in [0.4, 0.5) is 0 Å². The van der Waals surface area contributed by atoms with Crippen LogP contribution in [-0.2, 0) is 9.53 Å². The van der Waals surface area contributed by atoms with Gasteiger partial charge in [-0.15, -0.1) is 12.4 Å². The average molecular weight is 279 g/mol. The topological polar surface area (TPSA) is 64.3 Å². The van der Waals surface area contributed by atoms with Crippen LogP contribution in [0, 0.1) is 0 Å². The maximum absolute atomic E-state index is 11.9. The average Bonchev–Trinajstić information content (AvgIpc) is 2.77. The smallest absolute Gasteiger partial charge is 0.249 e. The normalized spacial score (nSPS) is 19.1. The molecule has 1 rings (SSSR count). The number of nitrogens with one attached hydrogen (secondary N) is 1. The summed E-state index contributed by atoms with van der Waals surface area (Å²) in [6, 6.07) is 0.131. The summed E-state index contributed by atoms with van der Waals surface area (Å²) in [5.41, 5.74) is 5.64. The molecule has 2 unspecified atom stereocenters. The quantitative estimate of drug-likeness (QED) is 0.749. The first-order chi connectivity index (χ1) is 8.13. The van der Waals surface area contributed by atoms with E-state index in [1.807, 2.05) is 13.8 Å². The summed E-state index contributed by atoms with van der Waals surface area (Å²) in [5, 5.41) is 2.90. The maximum Gasteiger partial charge on any atom is 0.249 e. The molecule has 1 fully saturated rings. The van der Waals surface area contributed by atoms with Crippen molar-refractivity contribution in [3.63, 3.8) is 0 Å². The van der Waals surface area contributed by atoms with Crippen molar-refractivity contribution in [3.05, 3.63) is 0 Å². The Hall–Kier alpha value is -0.320. The number of ether oxygens (including phenoxy) is 1. The van der Waals surface area contributed by atoms with Crippen molar-refractivity contribution >= 4 is 18.3 Å². The van der Waals surface area contributed by atoms with Gasteiger partial charge in [-0.1, -0.05) is 19.8 Å². The van der Waals surface area contributed by atoms with E-state index < -0.39 is 0 Å². The third-order valence-electron chi connectivity index (χ3n) is 3.22. The highest BCUT2D eigenvalue weighted by Crippen LogP contribution is 2.22. The Morgan fingerprint density at radius 3 is 2.56 bits per heavy atom. The van der Waals surface area contributed by atoms with Gasteiger partial charge in [0.15, 0.2) is 0 Å². The number of amides is 1. The monoisotopic (exact) mass is 278 g/mol. The lowest BCUT2D eigenvalue weighted by atomic mass is 10.2. The first kappa shape index (κ1) is 17.7. The van der Waals surface area contributed by atoms with Crippen LogP contribution in [0.3, 0.4) is 0 Å². The first-order valence-electron chi connectivity index (χ1n) is 6.82. The van der Waals surface area contributed by atoms with Crippen molar-refractivity contribution in [2.75, 3.05) is 6.54 Å². The SMILES string of the molecule is CCC(OC1CCCC1)C(=O)NCCC(C)N.Cl. The van der Waals surface area contributed by atoms with Gasteiger partial charge in [0.25, 0.3) is 0 Å². The molecule has 0 radical (unpaired) electrons. The number of halogens is 1. The lowest BCUT2D eigenvalue weighted by Gasteiger charge is -2.20. The lowest BCUT2D eigenvalue weighted by molar-refractivity contribution is -0.136. The summed E-state index contributed by atoms with van der Waals surface area (Å²) in [6.07, 6.45) is 6.21. The lowest BCUT2D eigenvalue weighted by Crippen LogP contribution is -2.39. The van der Waals surface area contributed by atoms with E-state index in [1.165, 1.54) is 12.8 Å².